The first kappa shape index (κ1) is 17.7. The molecular weight excluding hydrogens is 368 g/mol. The molecule has 1 fully saturated rings. The maximum Gasteiger partial charge on any atom is 0.289 e. The maximum atomic E-state index is 12.7. The van der Waals surface area contributed by atoms with Crippen LogP contribution in [-0.4, -0.2) is 52.0 Å². The number of ether oxygens (including phenoxy) is 1. The van der Waals surface area contributed by atoms with E-state index in [1.165, 1.54) is 0 Å². The molecule has 3 aromatic rings. The number of aromatic nitrogens is 4. The molecule has 0 spiro atoms. The summed E-state index contributed by atoms with van der Waals surface area (Å²) in [7, 11) is 1.80. The highest BCUT2D eigenvalue weighted by molar-refractivity contribution is 6.30. The first-order valence-electron chi connectivity index (χ1n) is 8.67. The highest BCUT2D eigenvalue weighted by Gasteiger charge is 2.21. The number of fused-ring (bicyclic) bond motifs is 1. The Balaban J connectivity index is 1.61. The van der Waals surface area contributed by atoms with Gasteiger partial charge in [0, 0.05) is 31.7 Å². The number of anilines is 1. The molecule has 3 heterocycles. The second kappa shape index (κ2) is 7.50. The van der Waals surface area contributed by atoms with Gasteiger partial charge in [0.1, 0.15) is 5.82 Å². The normalized spacial score (nSPS) is 14.5. The molecule has 0 saturated carbocycles. The number of nitrogens with one attached hydrogen (secondary N) is 1. The van der Waals surface area contributed by atoms with Gasteiger partial charge in [-0.1, -0.05) is 23.7 Å². The Hall–Kier alpha value is -2.71. The lowest BCUT2D eigenvalue weighted by Crippen LogP contribution is -2.37. The molecule has 0 atom stereocenters. The van der Waals surface area contributed by atoms with E-state index in [2.05, 4.69) is 25.3 Å². The Morgan fingerprint density at radius 2 is 1.96 bits per heavy atom. The SMILES string of the molecule is Cn1ncc2c(N3CCOCC3)nc(C(=O)NCc3ccc(Cl)cc3)nc21. The number of amides is 1. The summed E-state index contributed by atoms with van der Waals surface area (Å²) in [5.74, 6) is 0.511. The van der Waals surface area contributed by atoms with Gasteiger partial charge in [-0.3, -0.25) is 9.48 Å². The zero-order valence-corrected chi connectivity index (χ0v) is 15.6. The maximum absolute atomic E-state index is 12.7. The fourth-order valence-corrected chi connectivity index (χ4v) is 3.11. The average Bonchev–Trinajstić information content (AvgIpc) is 3.08. The van der Waals surface area contributed by atoms with Crippen LogP contribution in [0.2, 0.25) is 5.02 Å². The van der Waals surface area contributed by atoms with Gasteiger partial charge in [-0.15, -0.1) is 0 Å². The predicted octanol–water partition coefficient (Wildman–Crippen LogP) is 1.78. The quantitative estimate of drug-likeness (QED) is 0.735. The van der Waals surface area contributed by atoms with Crippen molar-refractivity contribution in [1.82, 2.24) is 25.1 Å². The number of hydrogen-bond acceptors (Lipinski definition) is 6. The number of halogens is 1. The van der Waals surface area contributed by atoms with Gasteiger partial charge in [-0.2, -0.15) is 5.10 Å². The first-order valence-corrected chi connectivity index (χ1v) is 9.05. The molecule has 0 aliphatic carbocycles. The Labute approximate surface area is 161 Å². The predicted molar refractivity (Wildman–Crippen MR) is 102 cm³/mol. The molecule has 0 radical (unpaired) electrons. The smallest absolute Gasteiger partial charge is 0.289 e. The van der Waals surface area contributed by atoms with E-state index < -0.39 is 0 Å². The summed E-state index contributed by atoms with van der Waals surface area (Å²) in [5.41, 5.74) is 1.57. The summed E-state index contributed by atoms with van der Waals surface area (Å²) in [5, 5.41) is 8.61. The molecular formula is C18H19ClN6O2. The molecule has 1 aliphatic rings. The molecule has 1 saturated heterocycles. The monoisotopic (exact) mass is 386 g/mol. The van der Waals surface area contributed by atoms with Gasteiger partial charge < -0.3 is 15.0 Å². The number of carbonyl (C=O) groups excluding carboxylic acids is 1. The molecule has 1 aliphatic heterocycles. The van der Waals surface area contributed by atoms with Gasteiger partial charge in [0.25, 0.3) is 5.91 Å². The molecule has 140 valence electrons. The summed E-state index contributed by atoms with van der Waals surface area (Å²) in [4.78, 5) is 23.7. The molecule has 1 aromatic carbocycles. The minimum atomic E-state index is -0.331. The van der Waals surface area contributed by atoms with Crippen molar-refractivity contribution in [2.75, 3.05) is 31.2 Å². The molecule has 4 rings (SSSR count). The standard InChI is InChI=1S/C18H19ClN6O2/c1-24-16-14(11-21-24)17(25-6-8-27-9-7-25)23-15(22-16)18(26)20-10-12-2-4-13(19)5-3-12/h2-5,11H,6-10H2,1H3,(H,20,26). The van der Waals surface area contributed by atoms with Crippen LogP contribution in [0.1, 0.15) is 16.2 Å². The van der Waals surface area contributed by atoms with Crippen LogP contribution in [0.15, 0.2) is 30.5 Å². The summed E-state index contributed by atoms with van der Waals surface area (Å²) in [6, 6.07) is 7.31. The molecule has 1 N–H and O–H groups in total. The van der Waals surface area contributed by atoms with Crippen molar-refractivity contribution < 1.29 is 9.53 Å². The third-order valence-electron chi connectivity index (χ3n) is 4.45. The lowest BCUT2D eigenvalue weighted by atomic mass is 10.2. The van der Waals surface area contributed by atoms with Crippen LogP contribution in [-0.2, 0) is 18.3 Å². The topological polar surface area (TPSA) is 85.2 Å². The van der Waals surface area contributed by atoms with E-state index in [0.29, 0.717) is 49.3 Å². The number of rotatable bonds is 4. The molecule has 2 aromatic heterocycles. The minimum absolute atomic E-state index is 0.126. The summed E-state index contributed by atoms with van der Waals surface area (Å²) in [6.07, 6.45) is 1.73. The lowest BCUT2D eigenvalue weighted by molar-refractivity contribution is 0.0940. The van der Waals surface area contributed by atoms with Crippen LogP contribution in [0.5, 0.6) is 0 Å². The summed E-state index contributed by atoms with van der Waals surface area (Å²) >= 11 is 5.89. The molecule has 9 heteroatoms. The second-order valence-corrected chi connectivity index (χ2v) is 6.72. The molecule has 27 heavy (non-hydrogen) atoms. The van der Waals surface area contributed by atoms with E-state index in [0.717, 1.165) is 10.9 Å². The van der Waals surface area contributed by atoms with E-state index in [4.69, 9.17) is 16.3 Å². The summed E-state index contributed by atoms with van der Waals surface area (Å²) < 4.78 is 7.07. The van der Waals surface area contributed by atoms with E-state index in [9.17, 15) is 4.79 Å². The Morgan fingerprint density at radius 1 is 1.22 bits per heavy atom. The van der Waals surface area contributed by atoms with Crippen molar-refractivity contribution in [3.8, 4) is 0 Å². The third-order valence-corrected chi connectivity index (χ3v) is 4.70. The molecule has 8 nitrogen and oxygen atoms in total. The van der Waals surface area contributed by atoms with Crippen LogP contribution in [0.3, 0.4) is 0 Å². The van der Waals surface area contributed by atoms with Crippen LogP contribution in [0.25, 0.3) is 11.0 Å². The first-order chi connectivity index (χ1) is 13.1. The Morgan fingerprint density at radius 3 is 2.70 bits per heavy atom. The van der Waals surface area contributed by atoms with E-state index >= 15 is 0 Å². The van der Waals surface area contributed by atoms with Crippen molar-refractivity contribution in [2.45, 2.75) is 6.54 Å². The number of carbonyl (C=O) groups is 1. The van der Waals surface area contributed by atoms with E-state index in [1.54, 1.807) is 30.1 Å². The second-order valence-electron chi connectivity index (χ2n) is 6.28. The van der Waals surface area contributed by atoms with Crippen LogP contribution >= 0.6 is 11.6 Å². The minimum Gasteiger partial charge on any atom is -0.378 e. The summed E-state index contributed by atoms with van der Waals surface area (Å²) in [6.45, 7) is 3.06. The number of morpholine rings is 1. The van der Waals surface area contributed by atoms with Crippen molar-refractivity contribution >= 4 is 34.4 Å². The number of nitrogens with zero attached hydrogens (tertiary/aromatic N) is 5. The van der Waals surface area contributed by atoms with Gasteiger partial charge in [-0.25, -0.2) is 9.97 Å². The number of aryl methyl sites for hydroxylation is 1. The Bertz CT molecular complexity index is 966. The highest BCUT2D eigenvalue weighted by Crippen LogP contribution is 2.24. The van der Waals surface area contributed by atoms with Crippen LogP contribution in [0.4, 0.5) is 5.82 Å². The van der Waals surface area contributed by atoms with Crippen molar-refractivity contribution in [1.29, 1.82) is 0 Å². The van der Waals surface area contributed by atoms with Gasteiger partial charge >= 0.3 is 0 Å². The van der Waals surface area contributed by atoms with Crippen molar-refractivity contribution in [3.05, 3.63) is 46.9 Å². The fourth-order valence-electron chi connectivity index (χ4n) is 2.99. The zero-order chi connectivity index (χ0) is 18.8. The number of benzene rings is 1. The average molecular weight is 387 g/mol. The Kier molecular flexibility index (Phi) is 4.91. The lowest BCUT2D eigenvalue weighted by Gasteiger charge is -2.28. The zero-order valence-electron chi connectivity index (χ0n) is 14.9. The van der Waals surface area contributed by atoms with E-state index in [1.807, 2.05) is 12.1 Å². The third kappa shape index (κ3) is 3.72. The fraction of sp³-hybridized carbons (Fsp3) is 0.333. The molecule has 1 amide bonds. The van der Waals surface area contributed by atoms with Gasteiger partial charge in [0.05, 0.1) is 24.8 Å². The number of hydrogen-bond donors (Lipinski definition) is 1. The van der Waals surface area contributed by atoms with Gasteiger partial charge in [0.2, 0.25) is 5.82 Å². The van der Waals surface area contributed by atoms with Gasteiger partial charge in [0.15, 0.2) is 5.65 Å². The van der Waals surface area contributed by atoms with Crippen LogP contribution in [0, 0.1) is 0 Å². The highest BCUT2D eigenvalue weighted by atomic mass is 35.5. The molecule has 0 unspecified atom stereocenters. The van der Waals surface area contributed by atoms with Gasteiger partial charge in [-0.05, 0) is 17.7 Å². The molecule has 0 bridgehead atoms. The van der Waals surface area contributed by atoms with Crippen molar-refractivity contribution in [2.24, 2.45) is 7.05 Å². The largest absolute Gasteiger partial charge is 0.378 e. The van der Waals surface area contributed by atoms with E-state index in [-0.39, 0.29) is 11.7 Å². The van der Waals surface area contributed by atoms with Crippen molar-refractivity contribution in [3.63, 3.8) is 0 Å². The van der Waals surface area contributed by atoms with Crippen LogP contribution < -0.4 is 10.2 Å².